The van der Waals surface area contributed by atoms with Gasteiger partial charge in [0.1, 0.15) is 23.7 Å². The largest absolute Gasteiger partial charge is 0.465 e. The molecule has 14 heteroatoms. The van der Waals surface area contributed by atoms with Crippen LogP contribution in [-0.2, 0) is 14.3 Å². The minimum atomic E-state index is -1.09. The van der Waals surface area contributed by atoms with E-state index in [-0.39, 0.29) is 47.9 Å². The van der Waals surface area contributed by atoms with Crippen LogP contribution >= 0.6 is 0 Å². The number of carbonyl (C=O) groups is 4. The lowest BCUT2D eigenvalue weighted by Crippen LogP contribution is -2.55. The third-order valence-corrected chi connectivity index (χ3v) is 11.1. The van der Waals surface area contributed by atoms with Crippen LogP contribution in [0.1, 0.15) is 105 Å². The van der Waals surface area contributed by atoms with E-state index in [1.165, 1.54) is 4.90 Å². The maximum atomic E-state index is 13.9. The number of carbonyl (C=O) groups excluding carboxylic acids is 3. The molecule has 0 spiro atoms. The number of aromatic nitrogens is 4. The summed E-state index contributed by atoms with van der Waals surface area (Å²) in [5.41, 5.74) is 5.52. The Balaban J connectivity index is 1.11. The summed E-state index contributed by atoms with van der Waals surface area (Å²) in [5, 5.41) is 12.7. The van der Waals surface area contributed by atoms with Crippen molar-refractivity contribution in [3.63, 3.8) is 0 Å². The maximum Gasteiger partial charge on any atom is 0.408 e. The number of likely N-dealkylation sites (tertiary alicyclic amines) is 2. The van der Waals surface area contributed by atoms with Crippen molar-refractivity contribution in [3.8, 4) is 33.6 Å². The Morgan fingerprint density at radius 2 is 1.16 bits per heavy atom. The Morgan fingerprint density at radius 3 is 1.55 bits per heavy atom. The number of alkyl carbamates (subject to hydrolysis) is 1. The molecule has 6 rings (SSSR count). The first kappa shape index (κ1) is 42.0. The first-order valence-corrected chi connectivity index (χ1v) is 20.6. The summed E-state index contributed by atoms with van der Waals surface area (Å²) in [6.07, 6.45) is 4.94. The van der Waals surface area contributed by atoms with Crippen molar-refractivity contribution in [1.82, 2.24) is 40.0 Å². The number of imidazole rings is 2. The van der Waals surface area contributed by atoms with Crippen molar-refractivity contribution < 1.29 is 29.0 Å². The maximum absolute atomic E-state index is 13.9. The van der Waals surface area contributed by atoms with E-state index in [1.807, 2.05) is 69.3 Å². The van der Waals surface area contributed by atoms with Crippen LogP contribution in [0.15, 0.2) is 60.9 Å². The van der Waals surface area contributed by atoms with Gasteiger partial charge in [-0.1, -0.05) is 76.2 Å². The topological polar surface area (TPSA) is 177 Å². The van der Waals surface area contributed by atoms with Crippen LogP contribution in [0.5, 0.6) is 0 Å². The predicted molar refractivity (Wildman–Crippen MR) is 221 cm³/mol. The summed E-state index contributed by atoms with van der Waals surface area (Å²) in [7, 11) is 0. The molecule has 0 aliphatic carbocycles. The normalized spacial score (nSPS) is 18.0. The number of nitrogens with zero attached hydrogens (tertiary/aromatic N) is 5. The number of hydrogen-bond donors (Lipinski definition) is 4. The second-order valence-electron chi connectivity index (χ2n) is 16.7. The standard InChI is InChI=1S/C44H58N8O6/c1-25(2)37(49-43(55)58-28(7)8)41(53)50-21-9-11-35(50)39-45-23-33(47-39)31-17-13-29(14-18-31)30-15-19-32(20-16-30)34-24-46-40(48-34)36-12-10-22-51(36)42(54)38(26(3)4)52(27(5)6)44(56)57/h13-20,23-28,35-38H,9-12,21-22H2,1-8H3,(H,45,47)(H,46,48)(H,49,55)(H,56,57)/t35-,36-,37-,38-/m0/s1. The second kappa shape index (κ2) is 17.9. The van der Waals surface area contributed by atoms with E-state index in [0.717, 1.165) is 65.1 Å². The minimum Gasteiger partial charge on any atom is -0.465 e. The summed E-state index contributed by atoms with van der Waals surface area (Å²) in [6.45, 7) is 15.9. The lowest BCUT2D eigenvalue weighted by Gasteiger charge is -2.37. The third-order valence-electron chi connectivity index (χ3n) is 11.1. The quantitative estimate of drug-likeness (QED) is 0.105. The van der Waals surface area contributed by atoms with Crippen molar-refractivity contribution in [2.75, 3.05) is 13.1 Å². The lowest BCUT2D eigenvalue weighted by atomic mass is 9.99. The van der Waals surface area contributed by atoms with Crippen LogP contribution in [0.3, 0.4) is 0 Å². The molecule has 4 aromatic rings. The summed E-state index contributed by atoms with van der Waals surface area (Å²) in [6, 6.07) is 14.1. The summed E-state index contributed by atoms with van der Waals surface area (Å²) in [4.78, 5) is 73.5. The van der Waals surface area contributed by atoms with Gasteiger partial charge in [-0.05, 0) is 76.3 Å². The van der Waals surface area contributed by atoms with Gasteiger partial charge in [-0.3, -0.25) is 14.5 Å². The molecule has 0 bridgehead atoms. The Hall–Kier alpha value is -5.66. The van der Waals surface area contributed by atoms with Crippen molar-refractivity contribution in [2.45, 2.75) is 117 Å². The lowest BCUT2D eigenvalue weighted by molar-refractivity contribution is -0.140. The molecule has 2 aromatic heterocycles. The monoisotopic (exact) mass is 794 g/mol. The van der Waals surface area contributed by atoms with Crippen LogP contribution in [0.25, 0.3) is 33.6 Å². The van der Waals surface area contributed by atoms with Gasteiger partial charge in [0.05, 0.1) is 29.6 Å². The number of carboxylic acid groups (broad SMARTS) is 1. The summed E-state index contributed by atoms with van der Waals surface area (Å²) < 4.78 is 5.25. The molecule has 4 amide bonds. The number of amides is 4. The highest BCUT2D eigenvalue weighted by atomic mass is 16.6. The van der Waals surface area contributed by atoms with Gasteiger partial charge < -0.3 is 34.9 Å². The number of benzene rings is 2. The molecule has 310 valence electrons. The van der Waals surface area contributed by atoms with E-state index < -0.39 is 24.3 Å². The number of rotatable bonds is 13. The molecule has 0 radical (unpaired) electrons. The number of hydrogen-bond acceptors (Lipinski definition) is 7. The molecule has 2 aromatic carbocycles. The molecule has 0 unspecified atom stereocenters. The van der Waals surface area contributed by atoms with Gasteiger partial charge in [0.25, 0.3) is 0 Å². The van der Waals surface area contributed by atoms with Gasteiger partial charge in [-0.25, -0.2) is 19.6 Å². The highest BCUT2D eigenvalue weighted by Crippen LogP contribution is 2.36. The van der Waals surface area contributed by atoms with E-state index in [1.54, 1.807) is 32.6 Å². The average Bonchev–Trinajstić information content (AvgIpc) is 4.01. The van der Waals surface area contributed by atoms with Crippen molar-refractivity contribution in [2.24, 2.45) is 11.8 Å². The molecule has 2 fully saturated rings. The van der Waals surface area contributed by atoms with Crippen LogP contribution in [-0.4, -0.2) is 101 Å². The average molecular weight is 795 g/mol. The zero-order chi connectivity index (χ0) is 41.8. The van der Waals surface area contributed by atoms with Gasteiger partial charge in [0.2, 0.25) is 11.8 Å². The Kier molecular flexibility index (Phi) is 12.9. The molecule has 58 heavy (non-hydrogen) atoms. The highest BCUT2D eigenvalue weighted by Gasteiger charge is 2.42. The first-order chi connectivity index (χ1) is 27.6. The zero-order valence-corrected chi connectivity index (χ0v) is 34.9. The number of aromatic amines is 2. The van der Waals surface area contributed by atoms with Crippen LogP contribution < -0.4 is 5.32 Å². The first-order valence-electron chi connectivity index (χ1n) is 20.6. The molecular weight excluding hydrogens is 737 g/mol. The minimum absolute atomic E-state index is 0.117. The molecule has 2 saturated heterocycles. The zero-order valence-electron chi connectivity index (χ0n) is 34.9. The second-order valence-corrected chi connectivity index (χ2v) is 16.7. The molecule has 4 atom stereocenters. The Morgan fingerprint density at radius 1 is 0.707 bits per heavy atom. The molecule has 14 nitrogen and oxygen atoms in total. The summed E-state index contributed by atoms with van der Waals surface area (Å²) in [5.74, 6) is 0.795. The van der Waals surface area contributed by atoms with Crippen molar-refractivity contribution in [3.05, 3.63) is 72.6 Å². The molecule has 0 saturated carbocycles. The fourth-order valence-corrected chi connectivity index (χ4v) is 8.23. The predicted octanol–water partition coefficient (Wildman–Crippen LogP) is 8.03. The van der Waals surface area contributed by atoms with Crippen molar-refractivity contribution >= 4 is 24.0 Å². The van der Waals surface area contributed by atoms with Gasteiger partial charge >= 0.3 is 12.2 Å². The SMILES string of the molecule is CC(C)OC(=O)N[C@H](C(=O)N1CCC[C@H]1c1nc(-c2ccc(-c3ccc(-c4c[nH]c([C@@H]5CCCN5C(=O)[C@H](C(C)C)N(C(=O)O)C(C)C)n4)cc3)cc2)c[nH]1)C(C)C. The smallest absolute Gasteiger partial charge is 0.408 e. The van der Waals surface area contributed by atoms with Gasteiger partial charge in [0, 0.05) is 42.7 Å². The van der Waals surface area contributed by atoms with Gasteiger partial charge in [-0.2, -0.15) is 0 Å². The fourth-order valence-electron chi connectivity index (χ4n) is 8.23. The van der Waals surface area contributed by atoms with Gasteiger partial charge in [-0.15, -0.1) is 0 Å². The van der Waals surface area contributed by atoms with Gasteiger partial charge in [0.15, 0.2) is 0 Å². The van der Waals surface area contributed by atoms with E-state index in [2.05, 4.69) is 39.6 Å². The van der Waals surface area contributed by atoms with E-state index in [0.29, 0.717) is 18.9 Å². The number of H-pyrrole nitrogens is 2. The van der Waals surface area contributed by atoms with Crippen LogP contribution in [0, 0.1) is 11.8 Å². The number of nitrogens with one attached hydrogen (secondary N) is 3. The molecular formula is C44H58N8O6. The van der Waals surface area contributed by atoms with E-state index >= 15 is 0 Å². The van der Waals surface area contributed by atoms with E-state index in [4.69, 9.17) is 14.7 Å². The van der Waals surface area contributed by atoms with Crippen molar-refractivity contribution in [1.29, 1.82) is 0 Å². The number of ether oxygens (including phenoxy) is 1. The molecule has 4 N–H and O–H groups in total. The molecule has 2 aliphatic rings. The highest BCUT2D eigenvalue weighted by molar-refractivity contribution is 5.87. The fraction of sp³-hybridized carbons (Fsp3) is 0.500. The Labute approximate surface area is 340 Å². The Bertz CT molecular complexity index is 2050. The molecule has 2 aliphatic heterocycles. The third kappa shape index (κ3) is 9.05. The van der Waals surface area contributed by atoms with E-state index in [9.17, 15) is 24.3 Å². The van der Waals surface area contributed by atoms with Crippen LogP contribution in [0.4, 0.5) is 9.59 Å². The van der Waals surface area contributed by atoms with Crippen LogP contribution in [0.2, 0.25) is 0 Å². The summed E-state index contributed by atoms with van der Waals surface area (Å²) >= 11 is 0. The molecule has 4 heterocycles.